The van der Waals surface area contributed by atoms with Crippen molar-refractivity contribution in [3.63, 3.8) is 0 Å². The molecule has 0 heterocycles. The SMILES string of the molecule is CC(C)N(C)CCCNc1ccccc1C(F)(F)F. The van der Waals surface area contributed by atoms with Crippen molar-refractivity contribution in [2.45, 2.75) is 32.5 Å². The Labute approximate surface area is 112 Å². The van der Waals surface area contributed by atoms with Gasteiger partial charge in [0.1, 0.15) is 0 Å². The second-order valence-corrected chi connectivity index (χ2v) is 4.90. The first-order valence-corrected chi connectivity index (χ1v) is 6.42. The van der Waals surface area contributed by atoms with Crippen LogP contribution in [0, 0.1) is 0 Å². The Morgan fingerprint density at radius 3 is 2.42 bits per heavy atom. The van der Waals surface area contributed by atoms with Crippen molar-refractivity contribution in [2.75, 3.05) is 25.5 Å². The molecule has 0 fully saturated rings. The zero-order valence-corrected chi connectivity index (χ0v) is 11.6. The third-order valence-corrected chi connectivity index (χ3v) is 3.12. The summed E-state index contributed by atoms with van der Waals surface area (Å²) < 4.78 is 38.2. The van der Waals surface area contributed by atoms with Crippen LogP contribution in [0.3, 0.4) is 0 Å². The molecule has 2 nitrogen and oxygen atoms in total. The Hall–Kier alpha value is -1.23. The Kier molecular flexibility index (Phi) is 5.66. The van der Waals surface area contributed by atoms with Gasteiger partial charge in [0.15, 0.2) is 0 Å². The predicted molar refractivity (Wildman–Crippen MR) is 72.3 cm³/mol. The average Bonchev–Trinajstić information content (AvgIpc) is 2.33. The first kappa shape index (κ1) is 15.8. The second kappa shape index (κ2) is 6.80. The van der Waals surface area contributed by atoms with Crippen LogP contribution in [0.15, 0.2) is 24.3 Å². The maximum absolute atomic E-state index is 12.7. The summed E-state index contributed by atoms with van der Waals surface area (Å²) >= 11 is 0. The maximum Gasteiger partial charge on any atom is 0.418 e. The number of anilines is 1. The van der Waals surface area contributed by atoms with E-state index in [0.29, 0.717) is 12.6 Å². The van der Waals surface area contributed by atoms with Crippen molar-refractivity contribution in [1.29, 1.82) is 0 Å². The molecule has 108 valence electrons. The largest absolute Gasteiger partial charge is 0.418 e. The van der Waals surface area contributed by atoms with E-state index in [1.165, 1.54) is 12.1 Å². The van der Waals surface area contributed by atoms with Crippen LogP contribution in [0.1, 0.15) is 25.8 Å². The van der Waals surface area contributed by atoms with E-state index < -0.39 is 11.7 Å². The fraction of sp³-hybridized carbons (Fsp3) is 0.571. The van der Waals surface area contributed by atoms with Gasteiger partial charge in [0, 0.05) is 18.3 Å². The van der Waals surface area contributed by atoms with Gasteiger partial charge in [-0.1, -0.05) is 12.1 Å². The van der Waals surface area contributed by atoms with Crippen molar-refractivity contribution >= 4 is 5.69 Å². The minimum Gasteiger partial charge on any atom is -0.385 e. The number of nitrogens with one attached hydrogen (secondary N) is 1. The van der Waals surface area contributed by atoms with Gasteiger partial charge in [-0.2, -0.15) is 13.2 Å². The molecule has 0 amide bonds. The fourth-order valence-electron chi connectivity index (χ4n) is 1.69. The van der Waals surface area contributed by atoms with E-state index in [1.54, 1.807) is 6.07 Å². The van der Waals surface area contributed by atoms with Gasteiger partial charge in [0.2, 0.25) is 0 Å². The lowest BCUT2D eigenvalue weighted by atomic mass is 10.1. The molecule has 0 aliphatic carbocycles. The van der Waals surface area contributed by atoms with E-state index in [1.807, 2.05) is 7.05 Å². The summed E-state index contributed by atoms with van der Waals surface area (Å²) in [5.74, 6) is 0. The lowest BCUT2D eigenvalue weighted by molar-refractivity contribution is -0.136. The number of benzene rings is 1. The van der Waals surface area contributed by atoms with Crippen LogP contribution >= 0.6 is 0 Å². The molecule has 0 aliphatic heterocycles. The standard InChI is InChI=1S/C14H21F3N2/c1-11(2)19(3)10-6-9-18-13-8-5-4-7-12(13)14(15,16)17/h4-5,7-8,11,18H,6,9-10H2,1-3H3. The third-order valence-electron chi connectivity index (χ3n) is 3.12. The molecule has 0 saturated carbocycles. The van der Waals surface area contributed by atoms with Gasteiger partial charge < -0.3 is 10.2 Å². The highest BCUT2D eigenvalue weighted by atomic mass is 19.4. The lowest BCUT2D eigenvalue weighted by Gasteiger charge is -2.21. The highest BCUT2D eigenvalue weighted by Gasteiger charge is 2.32. The highest BCUT2D eigenvalue weighted by Crippen LogP contribution is 2.34. The van der Waals surface area contributed by atoms with Crippen LogP contribution in [0.5, 0.6) is 0 Å². The van der Waals surface area contributed by atoms with Crippen LogP contribution in [-0.4, -0.2) is 31.1 Å². The van der Waals surface area contributed by atoms with Crippen molar-refractivity contribution in [3.8, 4) is 0 Å². The minimum absolute atomic E-state index is 0.155. The van der Waals surface area contributed by atoms with Gasteiger partial charge in [-0.25, -0.2) is 0 Å². The number of alkyl halides is 3. The highest BCUT2D eigenvalue weighted by molar-refractivity contribution is 5.52. The van der Waals surface area contributed by atoms with E-state index in [2.05, 4.69) is 24.1 Å². The molecule has 1 aromatic carbocycles. The van der Waals surface area contributed by atoms with E-state index in [-0.39, 0.29) is 5.69 Å². The summed E-state index contributed by atoms with van der Waals surface area (Å²) in [4.78, 5) is 2.16. The van der Waals surface area contributed by atoms with Gasteiger partial charge >= 0.3 is 6.18 Å². The summed E-state index contributed by atoms with van der Waals surface area (Å²) in [6, 6.07) is 6.03. The second-order valence-electron chi connectivity index (χ2n) is 4.90. The molecule has 19 heavy (non-hydrogen) atoms. The number of rotatable bonds is 6. The zero-order chi connectivity index (χ0) is 14.5. The maximum atomic E-state index is 12.7. The van der Waals surface area contributed by atoms with Crippen molar-refractivity contribution < 1.29 is 13.2 Å². The molecule has 0 aliphatic rings. The Morgan fingerprint density at radius 1 is 1.21 bits per heavy atom. The van der Waals surface area contributed by atoms with E-state index >= 15 is 0 Å². The van der Waals surface area contributed by atoms with Crippen LogP contribution in [-0.2, 0) is 6.18 Å². The molecule has 0 atom stereocenters. The van der Waals surface area contributed by atoms with E-state index in [9.17, 15) is 13.2 Å². The number of halogens is 3. The van der Waals surface area contributed by atoms with Crippen molar-refractivity contribution in [3.05, 3.63) is 29.8 Å². The van der Waals surface area contributed by atoms with Gasteiger partial charge in [0.25, 0.3) is 0 Å². The number of nitrogens with zero attached hydrogens (tertiary/aromatic N) is 1. The molecule has 0 unspecified atom stereocenters. The summed E-state index contributed by atoms with van der Waals surface area (Å²) in [5.41, 5.74) is -0.450. The Balaban J connectivity index is 2.50. The molecule has 1 aromatic rings. The Bertz CT molecular complexity index is 389. The van der Waals surface area contributed by atoms with Crippen molar-refractivity contribution in [1.82, 2.24) is 4.90 Å². The molecular formula is C14H21F3N2. The van der Waals surface area contributed by atoms with E-state index in [0.717, 1.165) is 19.0 Å². The number of hydrogen-bond donors (Lipinski definition) is 1. The molecule has 1 rings (SSSR count). The normalized spacial score (nSPS) is 12.2. The Morgan fingerprint density at radius 2 is 1.84 bits per heavy atom. The monoisotopic (exact) mass is 274 g/mol. The van der Waals surface area contributed by atoms with Gasteiger partial charge in [-0.15, -0.1) is 0 Å². The fourth-order valence-corrected chi connectivity index (χ4v) is 1.69. The minimum atomic E-state index is -4.31. The van der Waals surface area contributed by atoms with E-state index in [4.69, 9.17) is 0 Å². The quantitative estimate of drug-likeness (QED) is 0.793. The van der Waals surface area contributed by atoms with Crippen LogP contribution in [0.25, 0.3) is 0 Å². The molecule has 5 heteroatoms. The lowest BCUT2D eigenvalue weighted by Crippen LogP contribution is -2.28. The summed E-state index contributed by atoms with van der Waals surface area (Å²) in [6.07, 6.45) is -3.50. The zero-order valence-electron chi connectivity index (χ0n) is 11.6. The van der Waals surface area contributed by atoms with Crippen LogP contribution < -0.4 is 5.32 Å². The smallest absolute Gasteiger partial charge is 0.385 e. The first-order valence-electron chi connectivity index (χ1n) is 6.42. The van der Waals surface area contributed by atoms with Crippen molar-refractivity contribution in [2.24, 2.45) is 0 Å². The number of hydrogen-bond acceptors (Lipinski definition) is 2. The topological polar surface area (TPSA) is 15.3 Å². The third kappa shape index (κ3) is 5.11. The number of para-hydroxylation sites is 1. The molecule has 0 spiro atoms. The molecule has 0 bridgehead atoms. The predicted octanol–water partition coefficient (Wildman–Crippen LogP) is 3.85. The molecular weight excluding hydrogens is 253 g/mol. The van der Waals surface area contributed by atoms with Gasteiger partial charge in [0.05, 0.1) is 5.56 Å². The van der Waals surface area contributed by atoms with Crippen LogP contribution in [0.4, 0.5) is 18.9 Å². The molecule has 0 radical (unpaired) electrons. The van der Waals surface area contributed by atoms with Gasteiger partial charge in [-0.3, -0.25) is 0 Å². The summed E-state index contributed by atoms with van der Waals surface area (Å²) in [6.45, 7) is 5.57. The van der Waals surface area contributed by atoms with Gasteiger partial charge in [-0.05, 0) is 46.0 Å². The molecule has 0 saturated heterocycles. The van der Waals surface area contributed by atoms with Crippen LogP contribution in [0.2, 0.25) is 0 Å². The summed E-state index contributed by atoms with van der Waals surface area (Å²) in [5, 5.41) is 2.87. The first-order chi connectivity index (χ1) is 8.82. The summed E-state index contributed by atoms with van der Waals surface area (Å²) in [7, 11) is 2.01. The molecule has 0 aromatic heterocycles. The average molecular weight is 274 g/mol. The molecule has 1 N–H and O–H groups in total.